The Morgan fingerprint density at radius 2 is 2.00 bits per heavy atom. The minimum atomic E-state index is 0.0705. The van der Waals surface area contributed by atoms with Crippen LogP contribution in [0.25, 0.3) is 0 Å². The third kappa shape index (κ3) is 3.78. The lowest BCUT2D eigenvalue weighted by Crippen LogP contribution is -2.32. The summed E-state index contributed by atoms with van der Waals surface area (Å²) in [4.78, 5) is 14.7. The highest BCUT2D eigenvalue weighted by Gasteiger charge is 2.08. The maximum atomic E-state index is 11.3. The highest BCUT2D eigenvalue weighted by molar-refractivity contribution is 5.78. The van der Waals surface area contributed by atoms with Crippen LogP contribution in [0.15, 0.2) is 24.6 Å². The van der Waals surface area contributed by atoms with Gasteiger partial charge in [-0.05, 0) is 20.0 Å². The van der Waals surface area contributed by atoms with E-state index in [1.807, 2.05) is 24.8 Å². The molecule has 74 valence electrons. The molecule has 0 atom stereocenters. The van der Waals surface area contributed by atoms with Crippen LogP contribution in [0.5, 0.6) is 0 Å². The molecule has 0 heterocycles. The van der Waals surface area contributed by atoms with Gasteiger partial charge in [0, 0.05) is 19.8 Å². The predicted octanol–water partition coefficient (Wildman–Crippen LogP) is 1.44. The first kappa shape index (κ1) is 11.8. The summed E-state index contributed by atoms with van der Waals surface area (Å²) in [5.74, 6) is 0.0705. The second-order valence-corrected chi connectivity index (χ2v) is 3.03. The normalized spacial score (nSPS) is 10.9. The van der Waals surface area contributed by atoms with Crippen LogP contribution in [0.1, 0.15) is 13.8 Å². The Kier molecular flexibility index (Phi) is 4.89. The molecular weight excluding hydrogens is 164 g/mol. The number of amides is 1. The smallest absolute Gasteiger partial charge is 0.241 e. The van der Waals surface area contributed by atoms with E-state index < -0.39 is 0 Å². The Bertz CT molecular complexity index is 219. The van der Waals surface area contributed by atoms with Gasteiger partial charge in [-0.3, -0.25) is 4.79 Å². The molecule has 0 aromatic rings. The third-order valence-corrected chi connectivity index (χ3v) is 1.90. The molecule has 0 aliphatic rings. The molecule has 3 nitrogen and oxygen atoms in total. The van der Waals surface area contributed by atoms with Crippen LogP contribution >= 0.6 is 0 Å². The Hall–Kier alpha value is -1.25. The number of carbonyl (C=O) groups excluding carboxylic acids is 1. The molecule has 13 heavy (non-hydrogen) atoms. The second-order valence-electron chi connectivity index (χ2n) is 3.03. The zero-order valence-corrected chi connectivity index (χ0v) is 8.87. The fraction of sp³-hybridized carbons (Fsp3) is 0.500. The zero-order chi connectivity index (χ0) is 10.4. The van der Waals surface area contributed by atoms with Gasteiger partial charge in [-0.25, -0.2) is 0 Å². The lowest BCUT2D eigenvalue weighted by atomic mass is 10.3. The first-order valence-corrected chi connectivity index (χ1v) is 4.25. The second kappa shape index (κ2) is 5.41. The van der Waals surface area contributed by atoms with E-state index in [1.165, 1.54) is 0 Å². The van der Waals surface area contributed by atoms with Crippen molar-refractivity contribution in [2.45, 2.75) is 13.8 Å². The van der Waals surface area contributed by atoms with E-state index in [0.717, 1.165) is 5.70 Å². The standard InChI is InChI=1S/C10H18N2O/c1-6-9(3)12(7-2)8-10(13)11(4)5/h6-7H,2,8H2,1,3-5H3. The summed E-state index contributed by atoms with van der Waals surface area (Å²) in [6, 6.07) is 0. The van der Waals surface area contributed by atoms with Crippen LogP contribution in [-0.2, 0) is 4.79 Å². The highest BCUT2D eigenvalue weighted by Crippen LogP contribution is 2.03. The quantitative estimate of drug-likeness (QED) is 0.657. The number of hydrogen-bond donors (Lipinski definition) is 0. The van der Waals surface area contributed by atoms with E-state index in [1.54, 1.807) is 25.2 Å². The number of hydrogen-bond acceptors (Lipinski definition) is 2. The fourth-order valence-electron chi connectivity index (χ4n) is 0.786. The van der Waals surface area contributed by atoms with Crippen molar-refractivity contribution < 1.29 is 4.79 Å². The summed E-state index contributed by atoms with van der Waals surface area (Å²) >= 11 is 0. The van der Waals surface area contributed by atoms with Gasteiger partial charge in [0.15, 0.2) is 0 Å². The molecule has 0 aliphatic carbocycles. The van der Waals surface area contributed by atoms with Crippen molar-refractivity contribution in [1.29, 1.82) is 0 Å². The minimum Gasteiger partial charge on any atom is -0.347 e. The van der Waals surface area contributed by atoms with Crippen molar-refractivity contribution in [2.24, 2.45) is 0 Å². The summed E-state index contributed by atoms with van der Waals surface area (Å²) in [6.45, 7) is 7.90. The topological polar surface area (TPSA) is 23.6 Å². The molecule has 1 amide bonds. The van der Waals surface area contributed by atoms with Crippen molar-refractivity contribution in [1.82, 2.24) is 9.80 Å². The zero-order valence-electron chi connectivity index (χ0n) is 8.87. The molecule has 0 aromatic carbocycles. The molecule has 0 saturated carbocycles. The molecule has 0 unspecified atom stereocenters. The monoisotopic (exact) mass is 182 g/mol. The molecule has 0 bridgehead atoms. The van der Waals surface area contributed by atoms with Gasteiger partial charge in [-0.15, -0.1) is 0 Å². The first-order chi connectivity index (χ1) is 6.02. The van der Waals surface area contributed by atoms with Crippen LogP contribution in [0.4, 0.5) is 0 Å². The number of nitrogens with zero attached hydrogens (tertiary/aromatic N) is 2. The van der Waals surface area contributed by atoms with Gasteiger partial charge in [0.25, 0.3) is 0 Å². The Morgan fingerprint density at radius 3 is 2.31 bits per heavy atom. The van der Waals surface area contributed by atoms with Crippen LogP contribution in [0.2, 0.25) is 0 Å². The molecule has 0 fully saturated rings. The van der Waals surface area contributed by atoms with Crippen molar-refractivity contribution in [3.8, 4) is 0 Å². The van der Waals surface area contributed by atoms with Crippen LogP contribution < -0.4 is 0 Å². The minimum absolute atomic E-state index is 0.0705. The van der Waals surface area contributed by atoms with Crippen molar-refractivity contribution in [3.63, 3.8) is 0 Å². The van der Waals surface area contributed by atoms with Gasteiger partial charge in [-0.1, -0.05) is 12.7 Å². The average Bonchev–Trinajstić information content (AvgIpc) is 2.12. The van der Waals surface area contributed by atoms with E-state index in [9.17, 15) is 4.79 Å². The molecule has 0 aliphatic heterocycles. The number of likely N-dealkylation sites (N-methyl/N-ethyl adjacent to an activating group) is 1. The highest BCUT2D eigenvalue weighted by atomic mass is 16.2. The summed E-state index contributed by atoms with van der Waals surface area (Å²) in [6.07, 6.45) is 3.61. The number of allylic oxidation sites excluding steroid dienone is 2. The van der Waals surface area contributed by atoms with Crippen LogP contribution in [0, 0.1) is 0 Å². The van der Waals surface area contributed by atoms with Gasteiger partial charge in [0.05, 0.1) is 0 Å². The fourth-order valence-corrected chi connectivity index (χ4v) is 0.786. The Morgan fingerprint density at radius 1 is 1.46 bits per heavy atom. The van der Waals surface area contributed by atoms with Gasteiger partial charge in [0.2, 0.25) is 5.91 Å². The van der Waals surface area contributed by atoms with Crippen molar-refractivity contribution in [2.75, 3.05) is 20.6 Å². The van der Waals surface area contributed by atoms with E-state index in [-0.39, 0.29) is 5.91 Å². The number of carbonyl (C=O) groups is 1. The van der Waals surface area contributed by atoms with Crippen LogP contribution in [-0.4, -0.2) is 36.3 Å². The van der Waals surface area contributed by atoms with E-state index in [2.05, 4.69) is 6.58 Å². The molecule has 0 spiro atoms. The Labute approximate surface area is 80.3 Å². The van der Waals surface area contributed by atoms with Gasteiger partial charge < -0.3 is 9.80 Å². The molecule has 0 rings (SSSR count). The SMILES string of the molecule is C=CN(CC(=O)N(C)C)C(C)=CC. The summed E-state index contributed by atoms with van der Waals surface area (Å²) in [7, 11) is 3.49. The van der Waals surface area contributed by atoms with Crippen molar-refractivity contribution in [3.05, 3.63) is 24.6 Å². The summed E-state index contributed by atoms with van der Waals surface area (Å²) < 4.78 is 0. The largest absolute Gasteiger partial charge is 0.347 e. The predicted molar refractivity (Wildman–Crippen MR) is 55.0 cm³/mol. The third-order valence-electron chi connectivity index (χ3n) is 1.90. The average molecular weight is 182 g/mol. The molecule has 0 radical (unpaired) electrons. The lowest BCUT2D eigenvalue weighted by Gasteiger charge is -2.21. The van der Waals surface area contributed by atoms with Gasteiger partial charge >= 0.3 is 0 Å². The maximum absolute atomic E-state index is 11.3. The van der Waals surface area contributed by atoms with E-state index in [0.29, 0.717) is 6.54 Å². The van der Waals surface area contributed by atoms with Crippen LogP contribution in [0.3, 0.4) is 0 Å². The van der Waals surface area contributed by atoms with E-state index >= 15 is 0 Å². The van der Waals surface area contributed by atoms with E-state index in [4.69, 9.17) is 0 Å². The summed E-state index contributed by atoms with van der Waals surface area (Å²) in [5, 5.41) is 0. The summed E-state index contributed by atoms with van der Waals surface area (Å²) in [5.41, 5.74) is 1.03. The Balaban J connectivity index is 4.30. The lowest BCUT2D eigenvalue weighted by molar-refractivity contribution is -0.128. The molecule has 0 N–H and O–H groups in total. The van der Waals surface area contributed by atoms with Crippen molar-refractivity contribution >= 4 is 5.91 Å². The van der Waals surface area contributed by atoms with Gasteiger partial charge in [-0.2, -0.15) is 0 Å². The molecule has 0 saturated heterocycles. The molecule has 0 aromatic heterocycles. The maximum Gasteiger partial charge on any atom is 0.241 e. The molecule has 3 heteroatoms. The van der Waals surface area contributed by atoms with Gasteiger partial charge in [0.1, 0.15) is 6.54 Å². The first-order valence-electron chi connectivity index (χ1n) is 4.25. The number of rotatable bonds is 4. The molecular formula is C10H18N2O.